The van der Waals surface area contributed by atoms with Gasteiger partial charge in [-0.1, -0.05) is 17.8 Å². The third-order valence-corrected chi connectivity index (χ3v) is 3.89. The Hall–Kier alpha value is -1.36. The third-order valence-electron chi connectivity index (χ3n) is 2.85. The van der Waals surface area contributed by atoms with Crippen LogP contribution in [0.15, 0.2) is 24.3 Å². The van der Waals surface area contributed by atoms with Crippen LogP contribution in [-0.2, 0) is 9.59 Å². The Morgan fingerprint density at radius 1 is 1.56 bits per heavy atom. The first-order chi connectivity index (χ1) is 8.56. The van der Waals surface area contributed by atoms with Crippen molar-refractivity contribution in [3.63, 3.8) is 0 Å². The highest BCUT2D eigenvalue weighted by molar-refractivity contribution is 8.13. The van der Waals surface area contributed by atoms with Crippen LogP contribution in [-0.4, -0.2) is 23.3 Å². The maximum Gasteiger partial charge on any atom is 0.227 e. The Morgan fingerprint density at radius 2 is 2.33 bits per heavy atom. The smallest absolute Gasteiger partial charge is 0.227 e. The number of thioether (sulfide) groups is 1. The highest BCUT2D eigenvalue weighted by Gasteiger charge is 2.30. The fourth-order valence-electron chi connectivity index (χ4n) is 2.02. The number of hydrogen-bond donors (Lipinski definition) is 0. The summed E-state index contributed by atoms with van der Waals surface area (Å²) in [6.07, 6.45) is 0.427. The zero-order chi connectivity index (χ0) is 13.1. The molecule has 2 rings (SSSR count). The molecule has 1 atom stereocenters. The van der Waals surface area contributed by atoms with E-state index in [1.165, 1.54) is 30.8 Å². The SMILES string of the molecule is CC(=O)SCC1CC(=O)N(c2cccc(F)c2)C1. The second kappa shape index (κ2) is 5.52. The summed E-state index contributed by atoms with van der Waals surface area (Å²) in [6, 6.07) is 6.03. The molecule has 0 spiro atoms. The summed E-state index contributed by atoms with van der Waals surface area (Å²) in [5.74, 6) is 0.457. The molecular formula is C13H14FNO2S. The zero-order valence-corrected chi connectivity index (χ0v) is 10.9. The second-order valence-electron chi connectivity index (χ2n) is 4.36. The van der Waals surface area contributed by atoms with Gasteiger partial charge in [-0.2, -0.15) is 0 Å². The van der Waals surface area contributed by atoms with Crippen LogP contribution >= 0.6 is 11.8 Å². The lowest BCUT2D eigenvalue weighted by Gasteiger charge is -2.16. The number of anilines is 1. The van der Waals surface area contributed by atoms with Crippen molar-refractivity contribution >= 4 is 28.5 Å². The van der Waals surface area contributed by atoms with E-state index in [-0.39, 0.29) is 22.8 Å². The summed E-state index contributed by atoms with van der Waals surface area (Å²) in [5, 5.41) is 0.0617. The van der Waals surface area contributed by atoms with E-state index < -0.39 is 0 Å². The predicted molar refractivity (Wildman–Crippen MR) is 70.0 cm³/mol. The lowest BCUT2D eigenvalue weighted by atomic mass is 10.1. The van der Waals surface area contributed by atoms with Crippen LogP contribution in [0.2, 0.25) is 0 Å². The molecule has 1 aliphatic heterocycles. The molecule has 1 unspecified atom stereocenters. The van der Waals surface area contributed by atoms with Crippen LogP contribution in [0.25, 0.3) is 0 Å². The van der Waals surface area contributed by atoms with Gasteiger partial charge >= 0.3 is 0 Å². The molecule has 0 N–H and O–H groups in total. The van der Waals surface area contributed by atoms with Crippen LogP contribution in [0.1, 0.15) is 13.3 Å². The van der Waals surface area contributed by atoms with Crippen molar-refractivity contribution in [3.8, 4) is 0 Å². The zero-order valence-electron chi connectivity index (χ0n) is 10.1. The van der Waals surface area contributed by atoms with E-state index in [0.29, 0.717) is 24.4 Å². The maximum atomic E-state index is 13.1. The average Bonchev–Trinajstić information content (AvgIpc) is 2.68. The predicted octanol–water partition coefficient (Wildman–Crippen LogP) is 2.46. The molecule has 1 fully saturated rings. The number of halogens is 1. The van der Waals surface area contributed by atoms with Gasteiger partial charge in [-0.05, 0) is 24.1 Å². The summed E-state index contributed by atoms with van der Waals surface area (Å²) in [5.41, 5.74) is 0.593. The third kappa shape index (κ3) is 3.10. The molecule has 1 amide bonds. The van der Waals surface area contributed by atoms with E-state index in [1.807, 2.05) is 0 Å². The molecule has 1 saturated heterocycles. The van der Waals surface area contributed by atoms with Gasteiger partial charge in [0.25, 0.3) is 0 Å². The highest BCUT2D eigenvalue weighted by atomic mass is 32.2. The van der Waals surface area contributed by atoms with Crippen LogP contribution in [0.5, 0.6) is 0 Å². The first-order valence-electron chi connectivity index (χ1n) is 5.75. The molecule has 1 aliphatic rings. The topological polar surface area (TPSA) is 37.4 Å². The summed E-state index contributed by atoms with van der Waals surface area (Å²) in [7, 11) is 0. The van der Waals surface area contributed by atoms with Crippen molar-refractivity contribution in [2.45, 2.75) is 13.3 Å². The standard InChI is InChI=1S/C13H14FNO2S/c1-9(16)18-8-10-5-13(17)15(7-10)12-4-2-3-11(14)6-12/h2-4,6,10H,5,7-8H2,1H3. The van der Waals surface area contributed by atoms with Gasteiger partial charge in [0.1, 0.15) is 5.82 Å². The molecule has 1 heterocycles. The van der Waals surface area contributed by atoms with Crippen molar-refractivity contribution in [3.05, 3.63) is 30.1 Å². The molecule has 96 valence electrons. The monoisotopic (exact) mass is 267 g/mol. The molecule has 0 aliphatic carbocycles. The molecular weight excluding hydrogens is 253 g/mol. The van der Waals surface area contributed by atoms with E-state index in [4.69, 9.17) is 0 Å². The average molecular weight is 267 g/mol. The van der Waals surface area contributed by atoms with Crippen LogP contribution in [0.4, 0.5) is 10.1 Å². The molecule has 0 radical (unpaired) electrons. The number of rotatable bonds is 3. The van der Waals surface area contributed by atoms with Crippen LogP contribution in [0, 0.1) is 11.7 Å². The lowest BCUT2D eigenvalue weighted by Crippen LogP contribution is -2.24. The van der Waals surface area contributed by atoms with Gasteiger partial charge in [-0.15, -0.1) is 0 Å². The number of carbonyl (C=O) groups is 2. The van der Waals surface area contributed by atoms with E-state index in [9.17, 15) is 14.0 Å². The summed E-state index contributed by atoms with van der Waals surface area (Å²) in [6.45, 7) is 2.08. The van der Waals surface area contributed by atoms with Gasteiger partial charge in [0.2, 0.25) is 5.91 Å². The number of nitrogens with zero attached hydrogens (tertiary/aromatic N) is 1. The van der Waals surface area contributed by atoms with Gasteiger partial charge in [0.05, 0.1) is 0 Å². The number of benzene rings is 1. The van der Waals surface area contributed by atoms with E-state index in [2.05, 4.69) is 0 Å². The van der Waals surface area contributed by atoms with Crippen molar-refractivity contribution in [1.82, 2.24) is 0 Å². The quantitative estimate of drug-likeness (QED) is 0.844. The van der Waals surface area contributed by atoms with Gasteiger partial charge in [0, 0.05) is 31.3 Å². The van der Waals surface area contributed by atoms with Crippen molar-refractivity contribution in [1.29, 1.82) is 0 Å². The van der Waals surface area contributed by atoms with Crippen LogP contribution < -0.4 is 4.90 Å². The first-order valence-corrected chi connectivity index (χ1v) is 6.74. The molecule has 0 bridgehead atoms. The molecule has 5 heteroatoms. The fraction of sp³-hybridized carbons (Fsp3) is 0.385. The van der Waals surface area contributed by atoms with Crippen molar-refractivity contribution < 1.29 is 14.0 Å². The number of amides is 1. The Labute approximate surface area is 109 Å². The fourth-order valence-corrected chi connectivity index (χ4v) is 2.72. The summed E-state index contributed by atoms with van der Waals surface area (Å²) >= 11 is 1.24. The minimum Gasteiger partial charge on any atom is -0.312 e. The second-order valence-corrected chi connectivity index (χ2v) is 5.55. The molecule has 3 nitrogen and oxygen atoms in total. The number of hydrogen-bond acceptors (Lipinski definition) is 3. The molecule has 1 aromatic rings. The largest absolute Gasteiger partial charge is 0.312 e. The first kappa shape index (κ1) is 13.1. The van der Waals surface area contributed by atoms with E-state index >= 15 is 0 Å². The molecule has 1 aromatic carbocycles. The van der Waals surface area contributed by atoms with Gasteiger partial charge in [-0.25, -0.2) is 4.39 Å². The van der Waals surface area contributed by atoms with Gasteiger partial charge < -0.3 is 4.90 Å². The van der Waals surface area contributed by atoms with Gasteiger partial charge in [0.15, 0.2) is 5.12 Å². The van der Waals surface area contributed by atoms with Gasteiger partial charge in [-0.3, -0.25) is 9.59 Å². The van der Waals surface area contributed by atoms with Crippen molar-refractivity contribution in [2.24, 2.45) is 5.92 Å². The Bertz CT molecular complexity index is 478. The minimum atomic E-state index is -0.345. The van der Waals surface area contributed by atoms with Crippen molar-refractivity contribution in [2.75, 3.05) is 17.2 Å². The molecule has 18 heavy (non-hydrogen) atoms. The normalized spacial score (nSPS) is 19.3. The Kier molecular flexibility index (Phi) is 4.01. The maximum absolute atomic E-state index is 13.1. The minimum absolute atomic E-state index is 0.00486. The summed E-state index contributed by atoms with van der Waals surface area (Å²) in [4.78, 5) is 24.3. The molecule has 0 saturated carbocycles. The highest BCUT2D eigenvalue weighted by Crippen LogP contribution is 2.27. The Balaban J connectivity index is 2.03. The van der Waals surface area contributed by atoms with E-state index in [0.717, 1.165) is 0 Å². The number of carbonyl (C=O) groups excluding carboxylic acids is 2. The van der Waals surface area contributed by atoms with E-state index in [1.54, 1.807) is 17.0 Å². The van der Waals surface area contributed by atoms with Crippen LogP contribution in [0.3, 0.4) is 0 Å². The lowest BCUT2D eigenvalue weighted by molar-refractivity contribution is -0.117. The molecule has 0 aromatic heterocycles. The summed E-state index contributed by atoms with van der Waals surface area (Å²) < 4.78 is 13.1. The Morgan fingerprint density at radius 3 is 3.00 bits per heavy atom.